The van der Waals surface area contributed by atoms with Crippen LogP contribution in [0.4, 0.5) is 0 Å². The summed E-state index contributed by atoms with van der Waals surface area (Å²) >= 11 is 0. The normalized spacial score (nSPS) is 17.0. The molecule has 7 nitrogen and oxygen atoms in total. The maximum absolute atomic E-state index is 12.3. The van der Waals surface area contributed by atoms with E-state index in [0.717, 1.165) is 54.5 Å². The summed E-state index contributed by atoms with van der Waals surface area (Å²) in [6.45, 7) is 6.18. The zero-order chi connectivity index (χ0) is 15.8. The summed E-state index contributed by atoms with van der Waals surface area (Å²) in [5.74, 6) is 2.58. The van der Waals surface area contributed by atoms with Gasteiger partial charge in [0.15, 0.2) is 11.5 Å². The van der Waals surface area contributed by atoms with Crippen molar-refractivity contribution in [3.63, 3.8) is 0 Å². The molecule has 1 fully saturated rings. The maximum atomic E-state index is 12.3. The molecule has 0 atom stereocenters. The molecular formula is C16H20N4O3. The van der Waals surface area contributed by atoms with Crippen LogP contribution in [-0.2, 0) is 11.3 Å². The van der Waals surface area contributed by atoms with Crippen molar-refractivity contribution in [1.29, 1.82) is 0 Å². The fourth-order valence-electron chi connectivity index (χ4n) is 3.20. The number of aryl methyl sites for hydroxylation is 2. The smallest absolute Gasteiger partial charge is 0.231 e. The van der Waals surface area contributed by atoms with E-state index in [2.05, 4.69) is 14.9 Å². The van der Waals surface area contributed by atoms with Gasteiger partial charge in [-0.15, -0.1) is 0 Å². The van der Waals surface area contributed by atoms with Gasteiger partial charge in [-0.1, -0.05) is 0 Å². The molecule has 0 aliphatic carbocycles. The van der Waals surface area contributed by atoms with E-state index in [9.17, 15) is 4.79 Å². The highest BCUT2D eigenvalue weighted by Gasteiger charge is 2.20. The number of benzene rings is 1. The lowest BCUT2D eigenvalue weighted by molar-refractivity contribution is -0.131. The minimum Gasteiger partial charge on any atom is -0.454 e. The average Bonchev–Trinajstić information content (AvgIpc) is 3.14. The standard InChI is InChI=1S/C16H20N4O3/c1-11-18-12-8-14-15(23-10-22-14)9-13(12)20(11)5-2-16(21)19-6-3-17-4-7-19/h8-9,17H,2-7,10H2,1H3. The summed E-state index contributed by atoms with van der Waals surface area (Å²) in [6.07, 6.45) is 0.487. The van der Waals surface area contributed by atoms with Crippen molar-refractivity contribution in [1.82, 2.24) is 19.8 Å². The Kier molecular flexibility index (Phi) is 3.57. The number of piperazine rings is 1. The number of fused-ring (bicyclic) bond motifs is 2. The van der Waals surface area contributed by atoms with Crippen molar-refractivity contribution in [3.05, 3.63) is 18.0 Å². The number of hydrogen-bond donors (Lipinski definition) is 1. The zero-order valence-corrected chi connectivity index (χ0v) is 13.2. The molecule has 0 spiro atoms. The molecule has 2 aliphatic heterocycles. The van der Waals surface area contributed by atoms with E-state index in [4.69, 9.17) is 9.47 Å². The highest BCUT2D eigenvalue weighted by Crippen LogP contribution is 2.36. The fraction of sp³-hybridized carbons (Fsp3) is 0.500. The monoisotopic (exact) mass is 316 g/mol. The van der Waals surface area contributed by atoms with Crippen LogP contribution < -0.4 is 14.8 Å². The molecule has 7 heteroatoms. The molecule has 3 heterocycles. The topological polar surface area (TPSA) is 68.6 Å². The summed E-state index contributed by atoms with van der Waals surface area (Å²) in [6, 6.07) is 3.85. The molecule has 122 valence electrons. The predicted octanol–water partition coefficient (Wildman–Crippen LogP) is 0.895. The van der Waals surface area contributed by atoms with Gasteiger partial charge >= 0.3 is 0 Å². The third kappa shape index (κ3) is 2.61. The molecule has 1 amide bonds. The van der Waals surface area contributed by atoms with Gasteiger partial charge in [0.2, 0.25) is 12.7 Å². The van der Waals surface area contributed by atoms with Gasteiger partial charge in [0.1, 0.15) is 5.82 Å². The van der Waals surface area contributed by atoms with Crippen LogP contribution in [0.25, 0.3) is 11.0 Å². The molecule has 0 saturated carbocycles. The molecule has 23 heavy (non-hydrogen) atoms. The maximum Gasteiger partial charge on any atom is 0.231 e. The first-order valence-corrected chi connectivity index (χ1v) is 7.97. The first kappa shape index (κ1) is 14.3. The zero-order valence-electron chi connectivity index (χ0n) is 13.2. The highest BCUT2D eigenvalue weighted by molar-refractivity contribution is 5.81. The van der Waals surface area contributed by atoms with E-state index in [1.54, 1.807) is 0 Å². The number of hydrogen-bond acceptors (Lipinski definition) is 5. The summed E-state index contributed by atoms with van der Waals surface area (Å²) in [4.78, 5) is 18.9. The van der Waals surface area contributed by atoms with Gasteiger partial charge in [0, 0.05) is 51.3 Å². The minimum atomic E-state index is 0.202. The number of ether oxygens (including phenoxy) is 2. The van der Waals surface area contributed by atoms with Crippen LogP contribution in [0, 0.1) is 6.92 Å². The lowest BCUT2D eigenvalue weighted by Crippen LogP contribution is -2.46. The van der Waals surface area contributed by atoms with Gasteiger partial charge in [-0.25, -0.2) is 4.98 Å². The van der Waals surface area contributed by atoms with E-state index < -0.39 is 0 Å². The molecule has 1 N–H and O–H groups in total. The van der Waals surface area contributed by atoms with Crippen LogP contribution in [0.15, 0.2) is 12.1 Å². The average molecular weight is 316 g/mol. The molecule has 0 unspecified atom stereocenters. The van der Waals surface area contributed by atoms with Gasteiger partial charge in [-0.3, -0.25) is 4.79 Å². The SMILES string of the molecule is Cc1nc2cc3c(cc2n1CCC(=O)N1CCNCC1)OCO3. The van der Waals surface area contributed by atoms with Crippen molar-refractivity contribution in [2.75, 3.05) is 33.0 Å². The van der Waals surface area contributed by atoms with Crippen LogP contribution in [0.5, 0.6) is 11.5 Å². The Balaban J connectivity index is 1.54. The molecule has 2 aliphatic rings. The number of carbonyl (C=O) groups is 1. The lowest BCUT2D eigenvalue weighted by Gasteiger charge is -2.27. The molecule has 1 saturated heterocycles. The Labute approximate surface area is 134 Å². The van der Waals surface area contributed by atoms with Crippen molar-refractivity contribution >= 4 is 16.9 Å². The Hall–Kier alpha value is -2.28. The van der Waals surface area contributed by atoms with Crippen molar-refractivity contribution < 1.29 is 14.3 Å². The van der Waals surface area contributed by atoms with Gasteiger partial charge in [-0.2, -0.15) is 0 Å². The third-order valence-electron chi connectivity index (χ3n) is 4.45. The molecular weight excluding hydrogens is 296 g/mol. The van der Waals surface area contributed by atoms with E-state index in [1.807, 2.05) is 24.0 Å². The van der Waals surface area contributed by atoms with Gasteiger partial charge in [0.05, 0.1) is 11.0 Å². The van der Waals surface area contributed by atoms with Crippen LogP contribution in [0.2, 0.25) is 0 Å². The Morgan fingerprint density at radius 1 is 1.26 bits per heavy atom. The van der Waals surface area contributed by atoms with E-state index in [0.29, 0.717) is 13.0 Å². The molecule has 1 aromatic heterocycles. The summed E-state index contributed by atoms with van der Waals surface area (Å²) in [5.41, 5.74) is 1.86. The lowest BCUT2D eigenvalue weighted by atomic mass is 10.2. The first-order chi connectivity index (χ1) is 11.2. The second-order valence-corrected chi connectivity index (χ2v) is 5.89. The van der Waals surface area contributed by atoms with Crippen molar-refractivity contribution in [2.24, 2.45) is 0 Å². The molecule has 0 bridgehead atoms. The van der Waals surface area contributed by atoms with E-state index >= 15 is 0 Å². The van der Waals surface area contributed by atoms with Crippen LogP contribution >= 0.6 is 0 Å². The van der Waals surface area contributed by atoms with Gasteiger partial charge < -0.3 is 24.3 Å². The summed E-state index contributed by atoms with van der Waals surface area (Å²) in [5, 5.41) is 3.26. The van der Waals surface area contributed by atoms with Crippen molar-refractivity contribution in [3.8, 4) is 11.5 Å². The Morgan fingerprint density at radius 2 is 2.00 bits per heavy atom. The number of rotatable bonds is 3. The third-order valence-corrected chi connectivity index (χ3v) is 4.45. The molecule has 4 rings (SSSR count). The van der Waals surface area contributed by atoms with Crippen LogP contribution in [-0.4, -0.2) is 53.3 Å². The molecule has 0 radical (unpaired) electrons. The van der Waals surface area contributed by atoms with Gasteiger partial charge in [0.25, 0.3) is 0 Å². The number of carbonyl (C=O) groups excluding carboxylic acids is 1. The number of imidazole rings is 1. The van der Waals surface area contributed by atoms with Gasteiger partial charge in [-0.05, 0) is 6.92 Å². The molecule has 1 aromatic carbocycles. The largest absolute Gasteiger partial charge is 0.454 e. The van der Waals surface area contributed by atoms with E-state index in [1.165, 1.54) is 0 Å². The second-order valence-electron chi connectivity index (χ2n) is 5.89. The van der Waals surface area contributed by atoms with Crippen LogP contribution in [0.1, 0.15) is 12.2 Å². The number of nitrogens with zero attached hydrogens (tertiary/aromatic N) is 3. The fourth-order valence-corrected chi connectivity index (χ4v) is 3.20. The quantitative estimate of drug-likeness (QED) is 0.911. The predicted molar refractivity (Wildman–Crippen MR) is 84.7 cm³/mol. The Morgan fingerprint density at radius 3 is 2.78 bits per heavy atom. The molecule has 2 aromatic rings. The highest BCUT2D eigenvalue weighted by atomic mass is 16.7. The number of aromatic nitrogens is 2. The first-order valence-electron chi connectivity index (χ1n) is 7.97. The van der Waals surface area contributed by atoms with E-state index in [-0.39, 0.29) is 12.7 Å². The number of amides is 1. The Bertz CT molecular complexity index is 749. The summed E-state index contributed by atoms with van der Waals surface area (Å²) in [7, 11) is 0. The second kappa shape index (κ2) is 5.73. The summed E-state index contributed by atoms with van der Waals surface area (Å²) < 4.78 is 12.9. The van der Waals surface area contributed by atoms with Crippen LogP contribution in [0.3, 0.4) is 0 Å². The number of nitrogens with one attached hydrogen (secondary N) is 1. The van der Waals surface area contributed by atoms with Crippen molar-refractivity contribution in [2.45, 2.75) is 19.9 Å². The minimum absolute atomic E-state index is 0.202.